The van der Waals surface area contributed by atoms with E-state index < -0.39 is 5.60 Å². The van der Waals surface area contributed by atoms with Crippen LogP contribution < -0.4 is 0 Å². The fourth-order valence-corrected chi connectivity index (χ4v) is 11.9. The van der Waals surface area contributed by atoms with E-state index in [1.807, 2.05) is 0 Å². The molecule has 0 aromatic carbocycles. The first-order chi connectivity index (χ1) is 15.2. The quantitative estimate of drug-likeness (QED) is 0.433. The van der Waals surface area contributed by atoms with Crippen molar-refractivity contribution in [3.05, 3.63) is 0 Å². The molecule has 0 spiro atoms. The van der Waals surface area contributed by atoms with Crippen LogP contribution in [0, 0.1) is 62.6 Å². The van der Waals surface area contributed by atoms with Crippen molar-refractivity contribution in [3.63, 3.8) is 0 Å². The van der Waals surface area contributed by atoms with E-state index in [0.717, 1.165) is 36.4 Å². The van der Waals surface area contributed by atoms with E-state index in [4.69, 9.17) is 0 Å². The molecule has 0 heterocycles. The Morgan fingerprint density at radius 3 is 2.09 bits per heavy atom. The van der Waals surface area contributed by atoms with Gasteiger partial charge in [0.15, 0.2) is 6.29 Å². The Bertz CT molecular complexity index is 816. The number of hydrogen-bond acceptors (Lipinski definition) is 2. The Morgan fingerprint density at radius 2 is 1.45 bits per heavy atom. The average Bonchev–Trinajstić information content (AvgIpc) is 3.10. The lowest BCUT2D eigenvalue weighted by molar-refractivity contribution is -0.279. The second kappa shape index (κ2) is 7.10. The van der Waals surface area contributed by atoms with E-state index in [1.165, 1.54) is 51.4 Å². The zero-order valence-corrected chi connectivity index (χ0v) is 23.0. The Hall–Kier alpha value is -0.370. The van der Waals surface area contributed by atoms with Gasteiger partial charge in [-0.25, -0.2) is 0 Å². The predicted octanol–water partition coefficient (Wildman–Crippen LogP) is 7.67. The van der Waals surface area contributed by atoms with Crippen molar-refractivity contribution in [2.75, 3.05) is 0 Å². The van der Waals surface area contributed by atoms with E-state index in [-0.39, 0.29) is 16.2 Å². The van der Waals surface area contributed by atoms with Gasteiger partial charge in [-0.15, -0.1) is 0 Å². The van der Waals surface area contributed by atoms with Gasteiger partial charge in [-0.05, 0) is 121 Å². The normalized spacial score (nSPS) is 57.6. The molecule has 5 rings (SSSR count). The van der Waals surface area contributed by atoms with E-state index in [2.05, 4.69) is 55.4 Å². The molecule has 5 unspecified atom stereocenters. The summed E-state index contributed by atoms with van der Waals surface area (Å²) in [7, 11) is 0. The van der Waals surface area contributed by atoms with Gasteiger partial charge < -0.3 is 9.90 Å². The average molecular weight is 457 g/mol. The summed E-state index contributed by atoms with van der Waals surface area (Å²) < 4.78 is 0. The largest absolute Gasteiger partial charge is 0.382 e. The van der Waals surface area contributed by atoms with Gasteiger partial charge >= 0.3 is 0 Å². The van der Waals surface area contributed by atoms with Crippen molar-refractivity contribution >= 4 is 6.29 Å². The van der Waals surface area contributed by atoms with Gasteiger partial charge in [0.2, 0.25) is 0 Å². The summed E-state index contributed by atoms with van der Waals surface area (Å²) in [5.41, 5.74) is -0.235. The van der Waals surface area contributed by atoms with Crippen LogP contribution in [0.1, 0.15) is 120 Å². The maximum Gasteiger partial charge on any atom is 0.152 e. The molecular formula is C31H52O2. The highest BCUT2D eigenvalue weighted by atomic mass is 16.3. The molecule has 0 radical (unpaired) electrons. The van der Waals surface area contributed by atoms with Crippen LogP contribution in [-0.2, 0) is 4.79 Å². The highest BCUT2D eigenvalue weighted by Crippen LogP contribution is 2.78. The van der Waals surface area contributed by atoms with Crippen LogP contribution in [0.3, 0.4) is 0 Å². The molecule has 5 fully saturated rings. The molecule has 2 heteroatoms. The Balaban J connectivity index is 1.60. The highest BCUT2D eigenvalue weighted by molar-refractivity contribution is 5.65. The summed E-state index contributed by atoms with van der Waals surface area (Å²) in [6.45, 7) is 20.0. The summed E-state index contributed by atoms with van der Waals surface area (Å²) in [5, 5.41) is 11.9. The fourth-order valence-electron chi connectivity index (χ4n) is 11.9. The third kappa shape index (κ3) is 2.80. The number of fused-ring (bicyclic) bond motifs is 7. The van der Waals surface area contributed by atoms with Crippen molar-refractivity contribution in [1.82, 2.24) is 0 Å². The second-order valence-electron chi connectivity index (χ2n) is 15.6. The molecule has 0 amide bonds. The van der Waals surface area contributed by atoms with E-state index in [1.54, 1.807) is 0 Å². The Morgan fingerprint density at radius 1 is 0.758 bits per heavy atom. The first kappa shape index (κ1) is 24.3. The summed E-state index contributed by atoms with van der Waals surface area (Å²) in [4.78, 5) is 12.6. The summed E-state index contributed by atoms with van der Waals surface area (Å²) in [6.07, 6.45) is 13.1. The lowest BCUT2D eigenvalue weighted by Crippen LogP contribution is -2.71. The van der Waals surface area contributed by atoms with Gasteiger partial charge in [-0.3, -0.25) is 0 Å². The lowest BCUT2D eigenvalue weighted by atomic mass is 9.31. The molecule has 0 aromatic rings. The zero-order chi connectivity index (χ0) is 24.2. The SMILES string of the molecule is CC(C)[C@H]1CC[C@]2(C)CC[C@]3(C)C(CCC4[C@]5(C)C(CC[C@]43C)C(C)(C)CCC5(O)C=O)C12. The number of carbonyl (C=O) groups is 1. The van der Waals surface area contributed by atoms with Crippen molar-refractivity contribution in [3.8, 4) is 0 Å². The van der Waals surface area contributed by atoms with Crippen LogP contribution in [0.2, 0.25) is 0 Å². The molecule has 0 aliphatic heterocycles. The molecule has 0 saturated heterocycles. The van der Waals surface area contributed by atoms with E-state index in [0.29, 0.717) is 29.1 Å². The minimum absolute atomic E-state index is 0.197. The third-order valence-corrected chi connectivity index (χ3v) is 14.1. The molecule has 0 bridgehead atoms. The smallest absolute Gasteiger partial charge is 0.152 e. The second-order valence-corrected chi connectivity index (χ2v) is 15.6. The standard InChI is InChI=1S/C31H52O2/c1-20(2)21-11-13-27(5)16-17-28(6)22(25(21)27)9-10-24-29(28,7)14-12-23-26(3,4)15-18-31(33,19-32)30(23,24)8/h19-25,33H,9-18H2,1-8H3/t21-,22?,23?,24?,25?,27-,28-,29-,30+,31?/m1/s1. The predicted molar refractivity (Wildman–Crippen MR) is 136 cm³/mol. The van der Waals surface area contributed by atoms with Gasteiger partial charge in [0.05, 0.1) is 0 Å². The molecule has 0 aromatic heterocycles. The number of aldehydes is 1. The van der Waals surface area contributed by atoms with Crippen LogP contribution in [0.15, 0.2) is 0 Å². The molecular weight excluding hydrogens is 404 g/mol. The monoisotopic (exact) mass is 456 g/mol. The molecule has 5 saturated carbocycles. The van der Waals surface area contributed by atoms with E-state index >= 15 is 0 Å². The minimum atomic E-state index is -1.17. The van der Waals surface area contributed by atoms with Crippen LogP contribution in [0.25, 0.3) is 0 Å². The molecule has 2 nitrogen and oxygen atoms in total. The molecule has 5 aliphatic rings. The Labute approximate surface area is 204 Å². The molecule has 33 heavy (non-hydrogen) atoms. The molecule has 10 atom stereocenters. The van der Waals surface area contributed by atoms with Crippen LogP contribution >= 0.6 is 0 Å². The van der Waals surface area contributed by atoms with E-state index in [9.17, 15) is 9.90 Å². The van der Waals surface area contributed by atoms with Gasteiger partial charge in [-0.1, -0.05) is 55.4 Å². The first-order valence-corrected chi connectivity index (χ1v) is 14.4. The van der Waals surface area contributed by atoms with Crippen LogP contribution in [0.5, 0.6) is 0 Å². The summed E-state index contributed by atoms with van der Waals surface area (Å²) in [5.74, 6) is 4.16. The van der Waals surface area contributed by atoms with Gasteiger partial charge in [0.1, 0.15) is 5.60 Å². The zero-order valence-electron chi connectivity index (χ0n) is 23.0. The lowest BCUT2D eigenvalue weighted by Gasteiger charge is -2.74. The van der Waals surface area contributed by atoms with Crippen LogP contribution in [-0.4, -0.2) is 17.0 Å². The Kier molecular flexibility index (Phi) is 5.24. The molecule has 1 N–H and O–H groups in total. The summed E-state index contributed by atoms with van der Waals surface area (Å²) >= 11 is 0. The number of rotatable bonds is 2. The topological polar surface area (TPSA) is 37.3 Å². The first-order valence-electron chi connectivity index (χ1n) is 14.4. The van der Waals surface area contributed by atoms with Crippen molar-refractivity contribution in [2.24, 2.45) is 62.6 Å². The van der Waals surface area contributed by atoms with Crippen molar-refractivity contribution in [2.45, 2.75) is 125 Å². The van der Waals surface area contributed by atoms with Crippen molar-refractivity contribution in [1.29, 1.82) is 0 Å². The maximum atomic E-state index is 12.6. The van der Waals surface area contributed by atoms with Crippen molar-refractivity contribution < 1.29 is 9.90 Å². The minimum Gasteiger partial charge on any atom is -0.382 e. The number of hydrogen-bond donors (Lipinski definition) is 1. The number of aliphatic hydroxyl groups is 1. The third-order valence-electron chi connectivity index (χ3n) is 14.1. The maximum absolute atomic E-state index is 12.6. The molecule has 5 aliphatic carbocycles. The summed E-state index contributed by atoms with van der Waals surface area (Å²) in [6, 6.07) is 0. The van der Waals surface area contributed by atoms with Gasteiger partial charge in [0.25, 0.3) is 0 Å². The highest BCUT2D eigenvalue weighted by Gasteiger charge is 2.73. The van der Waals surface area contributed by atoms with Gasteiger partial charge in [0, 0.05) is 5.41 Å². The fraction of sp³-hybridized carbons (Fsp3) is 0.968. The van der Waals surface area contributed by atoms with Gasteiger partial charge in [-0.2, -0.15) is 0 Å². The molecule has 188 valence electrons. The van der Waals surface area contributed by atoms with Crippen LogP contribution in [0.4, 0.5) is 0 Å². The number of carbonyl (C=O) groups excluding carboxylic acids is 1.